The Kier molecular flexibility index (Phi) is 9.13. The van der Waals surface area contributed by atoms with Gasteiger partial charge in [0, 0.05) is 37.5 Å². The molecule has 0 amide bonds. The fourth-order valence-corrected chi connectivity index (χ4v) is 3.74. The molecule has 1 aliphatic heterocycles. The van der Waals surface area contributed by atoms with Gasteiger partial charge < -0.3 is 20.1 Å². The molecule has 194 valence electrons. The molecule has 2 aromatic carbocycles. The van der Waals surface area contributed by atoms with Crippen LogP contribution >= 0.6 is 0 Å². The van der Waals surface area contributed by atoms with Gasteiger partial charge in [0.15, 0.2) is 0 Å². The topological polar surface area (TPSA) is 119 Å². The Balaban J connectivity index is 1.53. The quantitative estimate of drug-likeness (QED) is 0.290. The number of rotatable bonds is 10. The van der Waals surface area contributed by atoms with Crippen LogP contribution in [0.4, 0.5) is 31.9 Å². The molecule has 1 aromatic heterocycles. The summed E-state index contributed by atoms with van der Waals surface area (Å²) in [5.41, 5.74) is 0.920. The number of halogens is 2. The van der Waals surface area contributed by atoms with Crippen molar-refractivity contribution in [1.29, 1.82) is 10.5 Å². The van der Waals surface area contributed by atoms with E-state index in [0.717, 1.165) is 57.5 Å². The van der Waals surface area contributed by atoms with Crippen LogP contribution < -0.4 is 15.4 Å². The molecule has 2 N–H and O–H groups in total. The van der Waals surface area contributed by atoms with Gasteiger partial charge in [-0.05, 0) is 54.5 Å². The van der Waals surface area contributed by atoms with Crippen LogP contribution in [0, 0.1) is 34.3 Å². The predicted octanol–water partition coefficient (Wildman–Crippen LogP) is 4.75. The maximum atomic E-state index is 14.7. The van der Waals surface area contributed by atoms with Crippen molar-refractivity contribution in [2.45, 2.75) is 6.42 Å². The van der Waals surface area contributed by atoms with E-state index >= 15 is 0 Å². The second-order valence-electron chi connectivity index (χ2n) is 8.33. The number of morpholine rings is 1. The Hall–Kier alpha value is -4.58. The SMILES string of the molecule is N#C/C=C/c1cc(F)c(Nc2cc(OCCCN3CCOCC3)nc(Nc3ccc(C#N)cc3)n2)c(F)c1. The lowest BCUT2D eigenvalue weighted by Gasteiger charge is -2.26. The molecule has 1 fully saturated rings. The summed E-state index contributed by atoms with van der Waals surface area (Å²) in [6, 6.07) is 14.2. The van der Waals surface area contributed by atoms with E-state index in [9.17, 15) is 8.78 Å². The molecule has 2 heterocycles. The van der Waals surface area contributed by atoms with Crippen molar-refractivity contribution in [2.24, 2.45) is 0 Å². The summed E-state index contributed by atoms with van der Waals surface area (Å²) in [4.78, 5) is 11.0. The van der Waals surface area contributed by atoms with Crippen molar-refractivity contribution in [3.8, 4) is 18.0 Å². The Morgan fingerprint density at radius 2 is 1.76 bits per heavy atom. The number of hydrogen-bond donors (Lipinski definition) is 2. The Labute approximate surface area is 219 Å². The summed E-state index contributed by atoms with van der Waals surface area (Å²) in [5, 5.41) is 23.4. The molecule has 9 nitrogen and oxygen atoms in total. The number of nitrogens with one attached hydrogen (secondary N) is 2. The van der Waals surface area contributed by atoms with Crippen LogP contribution in [0.3, 0.4) is 0 Å². The number of nitrogens with zero attached hydrogens (tertiary/aromatic N) is 5. The van der Waals surface area contributed by atoms with E-state index in [1.165, 1.54) is 12.1 Å². The zero-order valence-corrected chi connectivity index (χ0v) is 20.5. The summed E-state index contributed by atoms with van der Waals surface area (Å²) in [7, 11) is 0. The Bertz CT molecular complexity index is 1340. The second-order valence-corrected chi connectivity index (χ2v) is 8.33. The van der Waals surface area contributed by atoms with E-state index in [0.29, 0.717) is 17.9 Å². The van der Waals surface area contributed by atoms with Crippen molar-refractivity contribution in [3.63, 3.8) is 0 Å². The summed E-state index contributed by atoms with van der Waals surface area (Å²) in [6.45, 7) is 4.42. The van der Waals surface area contributed by atoms with E-state index in [-0.39, 0.29) is 23.2 Å². The summed E-state index contributed by atoms with van der Waals surface area (Å²) < 4.78 is 40.7. The van der Waals surface area contributed by atoms with Crippen LogP contribution in [0.5, 0.6) is 5.88 Å². The third-order valence-electron chi connectivity index (χ3n) is 5.61. The first-order valence-electron chi connectivity index (χ1n) is 12.0. The largest absolute Gasteiger partial charge is 0.477 e. The second kappa shape index (κ2) is 13.1. The molecule has 3 aromatic rings. The fraction of sp³-hybridized carbons (Fsp3) is 0.259. The smallest absolute Gasteiger partial charge is 0.232 e. The molecule has 1 aliphatic rings. The van der Waals surface area contributed by atoms with Gasteiger partial charge in [0.25, 0.3) is 0 Å². The van der Waals surface area contributed by atoms with Gasteiger partial charge in [0.1, 0.15) is 23.1 Å². The number of nitriles is 2. The first-order valence-corrected chi connectivity index (χ1v) is 12.0. The normalized spacial score (nSPS) is 13.6. The highest BCUT2D eigenvalue weighted by atomic mass is 19.1. The molecule has 0 radical (unpaired) electrons. The molecule has 0 atom stereocenters. The van der Waals surface area contributed by atoms with Gasteiger partial charge in [-0.3, -0.25) is 4.90 Å². The van der Waals surface area contributed by atoms with Gasteiger partial charge in [-0.1, -0.05) is 0 Å². The number of benzene rings is 2. The highest BCUT2D eigenvalue weighted by molar-refractivity contribution is 5.64. The lowest BCUT2D eigenvalue weighted by Crippen LogP contribution is -2.37. The first-order chi connectivity index (χ1) is 18.5. The minimum Gasteiger partial charge on any atom is -0.477 e. The maximum absolute atomic E-state index is 14.7. The van der Waals surface area contributed by atoms with Crippen LogP contribution in [-0.2, 0) is 4.74 Å². The summed E-state index contributed by atoms with van der Waals surface area (Å²) in [5.74, 6) is -1.24. The summed E-state index contributed by atoms with van der Waals surface area (Å²) >= 11 is 0. The molecule has 0 spiro atoms. The van der Waals surface area contributed by atoms with E-state index in [1.54, 1.807) is 30.3 Å². The van der Waals surface area contributed by atoms with Gasteiger partial charge in [-0.25, -0.2) is 8.78 Å². The lowest BCUT2D eigenvalue weighted by atomic mass is 10.1. The molecule has 1 saturated heterocycles. The van der Waals surface area contributed by atoms with Crippen LogP contribution in [0.2, 0.25) is 0 Å². The number of ether oxygens (including phenoxy) is 2. The van der Waals surface area contributed by atoms with Crippen molar-refractivity contribution in [3.05, 3.63) is 71.3 Å². The minimum atomic E-state index is -0.851. The third kappa shape index (κ3) is 7.46. The zero-order valence-electron chi connectivity index (χ0n) is 20.5. The van der Waals surface area contributed by atoms with Crippen LogP contribution in [0.25, 0.3) is 6.08 Å². The van der Waals surface area contributed by atoms with Crippen LogP contribution in [0.15, 0.2) is 48.5 Å². The molecule has 38 heavy (non-hydrogen) atoms. The number of hydrogen-bond acceptors (Lipinski definition) is 9. The molecule has 4 rings (SSSR count). The first kappa shape index (κ1) is 26.5. The van der Waals surface area contributed by atoms with Gasteiger partial charge in [-0.2, -0.15) is 20.5 Å². The molecular weight excluding hydrogens is 492 g/mol. The molecule has 0 aliphatic carbocycles. The molecule has 0 unspecified atom stereocenters. The molecular formula is C27H25F2N7O2. The lowest BCUT2D eigenvalue weighted by molar-refractivity contribution is 0.0357. The monoisotopic (exact) mass is 517 g/mol. The van der Waals surface area contributed by atoms with Crippen molar-refractivity contribution >= 4 is 29.2 Å². The number of allylic oxidation sites excluding steroid dienone is 1. The highest BCUT2D eigenvalue weighted by Crippen LogP contribution is 2.27. The maximum Gasteiger partial charge on any atom is 0.232 e. The molecule has 0 saturated carbocycles. The fourth-order valence-electron chi connectivity index (χ4n) is 3.74. The number of aromatic nitrogens is 2. The average Bonchev–Trinajstić information content (AvgIpc) is 2.93. The van der Waals surface area contributed by atoms with Crippen LogP contribution in [0.1, 0.15) is 17.5 Å². The van der Waals surface area contributed by atoms with E-state index in [2.05, 4.69) is 31.6 Å². The van der Waals surface area contributed by atoms with Gasteiger partial charge in [-0.15, -0.1) is 0 Å². The Morgan fingerprint density at radius 1 is 1.03 bits per heavy atom. The van der Waals surface area contributed by atoms with E-state index < -0.39 is 17.3 Å². The predicted molar refractivity (Wildman–Crippen MR) is 138 cm³/mol. The van der Waals surface area contributed by atoms with E-state index in [4.69, 9.17) is 20.0 Å². The highest BCUT2D eigenvalue weighted by Gasteiger charge is 2.15. The minimum absolute atomic E-state index is 0.109. The van der Waals surface area contributed by atoms with Gasteiger partial charge in [0.2, 0.25) is 11.8 Å². The van der Waals surface area contributed by atoms with Crippen molar-refractivity contribution in [1.82, 2.24) is 14.9 Å². The standard InChI is InChI=1S/C27H25F2N7O2/c28-22-15-20(3-1-8-30)16-23(29)26(22)33-24-17-25(38-12-2-9-36-10-13-37-14-11-36)35-27(34-24)32-21-6-4-19(18-31)5-7-21/h1,3-7,15-17H,2,9-14H2,(H2,32,33,34,35)/b3-1+. The molecule has 11 heteroatoms. The van der Waals surface area contributed by atoms with Crippen LogP contribution in [-0.4, -0.2) is 54.3 Å². The third-order valence-corrected chi connectivity index (χ3v) is 5.61. The zero-order chi connectivity index (χ0) is 26.7. The van der Waals surface area contributed by atoms with Crippen molar-refractivity contribution in [2.75, 3.05) is 50.1 Å². The molecule has 0 bridgehead atoms. The Morgan fingerprint density at radius 3 is 2.45 bits per heavy atom. The van der Waals surface area contributed by atoms with Gasteiger partial charge in [0.05, 0.1) is 37.5 Å². The van der Waals surface area contributed by atoms with Crippen molar-refractivity contribution < 1.29 is 18.3 Å². The van der Waals surface area contributed by atoms with Gasteiger partial charge >= 0.3 is 0 Å². The number of anilines is 4. The average molecular weight is 518 g/mol. The van der Waals surface area contributed by atoms with E-state index in [1.807, 2.05) is 0 Å². The summed E-state index contributed by atoms with van der Waals surface area (Å²) in [6.07, 6.45) is 3.20.